The van der Waals surface area contributed by atoms with Gasteiger partial charge >= 0.3 is 0 Å². The molecule has 7 heteroatoms. The molecule has 0 radical (unpaired) electrons. The molecule has 1 N–H and O–H groups in total. The number of nitrogens with zero attached hydrogens (tertiary/aromatic N) is 1. The summed E-state index contributed by atoms with van der Waals surface area (Å²) < 4.78 is 35.9. The molecule has 0 bridgehead atoms. The molecular formula is C12H26N2O4S. The van der Waals surface area contributed by atoms with Crippen molar-refractivity contribution in [2.75, 3.05) is 52.8 Å². The third-order valence-electron chi connectivity index (χ3n) is 3.06. The summed E-state index contributed by atoms with van der Waals surface area (Å²) in [7, 11) is -0.0111. The van der Waals surface area contributed by atoms with Crippen LogP contribution in [0.25, 0.3) is 0 Å². The van der Waals surface area contributed by atoms with E-state index in [1.165, 1.54) is 17.1 Å². The first kappa shape index (κ1) is 16.8. The second kappa shape index (κ2) is 8.86. The number of methoxy groups -OCH3 is 2. The van der Waals surface area contributed by atoms with E-state index in [9.17, 15) is 8.42 Å². The zero-order chi connectivity index (χ0) is 14.1. The maximum Gasteiger partial charge on any atom is 0.215 e. The highest BCUT2D eigenvalue weighted by Crippen LogP contribution is 2.18. The summed E-state index contributed by atoms with van der Waals surface area (Å²) in [4.78, 5) is 0. The summed E-state index contributed by atoms with van der Waals surface area (Å²) in [5, 5.41) is 3.23. The molecule has 1 saturated carbocycles. The van der Waals surface area contributed by atoms with Crippen LogP contribution in [-0.4, -0.2) is 71.6 Å². The first-order valence-corrected chi connectivity index (χ1v) is 8.40. The van der Waals surface area contributed by atoms with E-state index in [4.69, 9.17) is 9.47 Å². The maximum atomic E-state index is 12.2. The van der Waals surface area contributed by atoms with Gasteiger partial charge in [-0.1, -0.05) is 0 Å². The SMILES string of the molecule is COCCCN(CCOC)S(=O)(=O)CCNC1CC1. The summed E-state index contributed by atoms with van der Waals surface area (Å²) >= 11 is 0. The molecule has 1 fully saturated rings. The predicted molar refractivity (Wildman–Crippen MR) is 74.8 cm³/mol. The summed E-state index contributed by atoms with van der Waals surface area (Å²) in [6.45, 7) is 2.41. The Labute approximate surface area is 116 Å². The molecule has 0 heterocycles. The Morgan fingerprint density at radius 3 is 2.42 bits per heavy atom. The van der Waals surface area contributed by atoms with Crippen molar-refractivity contribution >= 4 is 10.0 Å². The third kappa shape index (κ3) is 7.22. The van der Waals surface area contributed by atoms with Crippen molar-refractivity contribution in [2.45, 2.75) is 25.3 Å². The molecule has 1 aliphatic carbocycles. The highest BCUT2D eigenvalue weighted by atomic mass is 32.2. The fraction of sp³-hybridized carbons (Fsp3) is 1.00. The van der Waals surface area contributed by atoms with Crippen LogP contribution in [0.15, 0.2) is 0 Å². The average Bonchev–Trinajstić information content (AvgIpc) is 3.17. The highest BCUT2D eigenvalue weighted by molar-refractivity contribution is 7.89. The van der Waals surface area contributed by atoms with Crippen molar-refractivity contribution in [3.8, 4) is 0 Å². The van der Waals surface area contributed by atoms with Gasteiger partial charge in [0.05, 0.1) is 12.4 Å². The van der Waals surface area contributed by atoms with Crippen molar-refractivity contribution in [1.82, 2.24) is 9.62 Å². The minimum atomic E-state index is -3.21. The third-order valence-corrected chi connectivity index (χ3v) is 4.94. The van der Waals surface area contributed by atoms with Gasteiger partial charge in [-0.2, -0.15) is 4.31 Å². The Morgan fingerprint density at radius 1 is 1.16 bits per heavy atom. The Balaban J connectivity index is 2.38. The molecule has 0 saturated heterocycles. The summed E-state index contributed by atoms with van der Waals surface area (Å²) in [5.74, 6) is 0.153. The van der Waals surface area contributed by atoms with E-state index < -0.39 is 10.0 Å². The van der Waals surface area contributed by atoms with Gasteiger partial charge in [-0.15, -0.1) is 0 Å². The van der Waals surface area contributed by atoms with Crippen LogP contribution in [0.5, 0.6) is 0 Å². The number of sulfonamides is 1. The molecule has 0 aliphatic heterocycles. The van der Waals surface area contributed by atoms with Gasteiger partial charge in [0.1, 0.15) is 0 Å². The van der Waals surface area contributed by atoms with Crippen LogP contribution in [0.4, 0.5) is 0 Å². The van der Waals surface area contributed by atoms with Gasteiger partial charge in [0, 0.05) is 46.5 Å². The van der Waals surface area contributed by atoms with E-state index in [-0.39, 0.29) is 5.75 Å². The van der Waals surface area contributed by atoms with Crippen molar-refractivity contribution in [1.29, 1.82) is 0 Å². The number of hydrogen-bond acceptors (Lipinski definition) is 5. The lowest BCUT2D eigenvalue weighted by Crippen LogP contribution is -2.39. The Morgan fingerprint density at radius 2 is 1.84 bits per heavy atom. The Kier molecular flexibility index (Phi) is 7.86. The molecule has 6 nitrogen and oxygen atoms in total. The quantitative estimate of drug-likeness (QED) is 0.515. The van der Waals surface area contributed by atoms with Crippen LogP contribution < -0.4 is 5.32 Å². The van der Waals surface area contributed by atoms with Gasteiger partial charge in [-0.25, -0.2) is 8.42 Å². The monoisotopic (exact) mass is 294 g/mol. The van der Waals surface area contributed by atoms with Gasteiger partial charge in [0.15, 0.2) is 0 Å². The predicted octanol–water partition coefficient (Wildman–Crippen LogP) is 0.0531. The largest absolute Gasteiger partial charge is 0.385 e. The van der Waals surface area contributed by atoms with E-state index in [2.05, 4.69) is 5.32 Å². The minimum Gasteiger partial charge on any atom is -0.385 e. The minimum absolute atomic E-state index is 0.153. The standard InChI is InChI=1S/C12H26N2O4S/c1-17-9-3-7-14(8-10-18-2)19(15,16)11-6-13-12-4-5-12/h12-13H,3-11H2,1-2H3. The molecule has 0 amide bonds. The summed E-state index contributed by atoms with van der Waals surface area (Å²) in [6, 6.07) is 0.538. The zero-order valence-electron chi connectivity index (χ0n) is 11.9. The fourth-order valence-corrected chi connectivity index (χ4v) is 3.17. The summed E-state index contributed by atoms with van der Waals surface area (Å²) in [5.41, 5.74) is 0. The molecule has 0 aromatic rings. The lowest BCUT2D eigenvalue weighted by atomic mass is 10.4. The Bertz CT molecular complexity index is 331. The van der Waals surface area contributed by atoms with Crippen molar-refractivity contribution in [2.24, 2.45) is 0 Å². The van der Waals surface area contributed by atoms with Crippen LogP contribution in [0.3, 0.4) is 0 Å². The summed E-state index contributed by atoms with van der Waals surface area (Å²) in [6.07, 6.45) is 3.04. The molecule has 0 atom stereocenters. The smallest absolute Gasteiger partial charge is 0.215 e. The van der Waals surface area contributed by atoms with Crippen molar-refractivity contribution < 1.29 is 17.9 Å². The number of ether oxygens (including phenoxy) is 2. The second-order valence-electron chi connectivity index (χ2n) is 4.78. The van der Waals surface area contributed by atoms with Crippen LogP contribution in [0.1, 0.15) is 19.3 Å². The number of hydrogen-bond donors (Lipinski definition) is 1. The molecule has 114 valence electrons. The van der Waals surface area contributed by atoms with E-state index in [1.807, 2.05) is 0 Å². The molecule has 0 aromatic heterocycles. The number of rotatable bonds is 12. The first-order valence-electron chi connectivity index (χ1n) is 6.79. The molecule has 1 aliphatic rings. The van der Waals surface area contributed by atoms with E-state index in [0.717, 1.165) is 0 Å². The van der Waals surface area contributed by atoms with E-state index >= 15 is 0 Å². The van der Waals surface area contributed by atoms with Crippen LogP contribution >= 0.6 is 0 Å². The molecule has 0 unspecified atom stereocenters. The Hall–Kier alpha value is -0.210. The normalized spacial score (nSPS) is 16.2. The van der Waals surface area contributed by atoms with Crippen LogP contribution in [0, 0.1) is 0 Å². The molecule has 0 aromatic carbocycles. The van der Waals surface area contributed by atoms with E-state index in [0.29, 0.717) is 45.3 Å². The van der Waals surface area contributed by atoms with E-state index in [1.54, 1.807) is 14.2 Å². The van der Waals surface area contributed by atoms with Crippen molar-refractivity contribution in [3.05, 3.63) is 0 Å². The second-order valence-corrected chi connectivity index (χ2v) is 6.87. The molecule has 1 rings (SSSR count). The first-order chi connectivity index (χ1) is 9.10. The van der Waals surface area contributed by atoms with Crippen molar-refractivity contribution in [3.63, 3.8) is 0 Å². The topological polar surface area (TPSA) is 67.9 Å². The van der Waals surface area contributed by atoms with Gasteiger partial charge in [0.25, 0.3) is 0 Å². The zero-order valence-corrected chi connectivity index (χ0v) is 12.7. The van der Waals surface area contributed by atoms with Gasteiger partial charge in [0.2, 0.25) is 10.0 Å². The van der Waals surface area contributed by atoms with Gasteiger partial charge in [-0.05, 0) is 19.3 Å². The average molecular weight is 294 g/mol. The van der Waals surface area contributed by atoms with Crippen LogP contribution in [0.2, 0.25) is 0 Å². The maximum absolute atomic E-state index is 12.2. The lowest BCUT2D eigenvalue weighted by Gasteiger charge is -2.21. The van der Waals surface area contributed by atoms with Gasteiger partial charge in [-0.3, -0.25) is 0 Å². The van der Waals surface area contributed by atoms with Crippen LogP contribution in [-0.2, 0) is 19.5 Å². The number of nitrogens with one attached hydrogen (secondary N) is 1. The lowest BCUT2D eigenvalue weighted by molar-refractivity contribution is 0.164. The molecule has 0 spiro atoms. The highest BCUT2D eigenvalue weighted by Gasteiger charge is 2.24. The van der Waals surface area contributed by atoms with Gasteiger partial charge < -0.3 is 14.8 Å². The molecular weight excluding hydrogens is 268 g/mol. The fourth-order valence-electron chi connectivity index (χ4n) is 1.78. The molecule has 19 heavy (non-hydrogen) atoms.